The molecule has 132 valence electrons. The second-order valence-electron chi connectivity index (χ2n) is 5.67. The number of aromatic amines is 1. The summed E-state index contributed by atoms with van der Waals surface area (Å²) in [7, 11) is 0. The Morgan fingerprint density at radius 1 is 1.19 bits per heavy atom. The normalized spacial score (nSPS) is 11.7. The molecule has 0 unspecified atom stereocenters. The van der Waals surface area contributed by atoms with Crippen LogP contribution in [0.4, 0.5) is 10.5 Å². The van der Waals surface area contributed by atoms with Gasteiger partial charge in [0.1, 0.15) is 5.82 Å². The summed E-state index contributed by atoms with van der Waals surface area (Å²) in [4.78, 5) is 28.9. The Bertz CT molecular complexity index is 906. The third-order valence-electron chi connectivity index (χ3n) is 3.88. The van der Waals surface area contributed by atoms with E-state index in [-0.39, 0.29) is 5.69 Å². The highest BCUT2D eigenvalue weighted by molar-refractivity contribution is 5.65. The van der Waals surface area contributed by atoms with Crippen LogP contribution in [-0.2, 0) is 6.42 Å². The summed E-state index contributed by atoms with van der Waals surface area (Å²) in [5, 5.41) is 22.3. The molecule has 26 heavy (non-hydrogen) atoms. The Labute approximate surface area is 148 Å². The maximum atomic E-state index is 11.1. The molecule has 1 amide bonds. The molecule has 1 atom stereocenters. The van der Waals surface area contributed by atoms with Crippen molar-refractivity contribution in [2.45, 2.75) is 12.5 Å². The number of amides is 1. The van der Waals surface area contributed by atoms with Crippen LogP contribution >= 0.6 is 0 Å². The van der Waals surface area contributed by atoms with Gasteiger partial charge < -0.3 is 15.4 Å². The molecule has 0 fully saturated rings. The average Bonchev–Trinajstić information content (AvgIpc) is 3.12. The van der Waals surface area contributed by atoms with Gasteiger partial charge in [-0.1, -0.05) is 30.3 Å². The zero-order valence-corrected chi connectivity index (χ0v) is 13.6. The molecule has 3 N–H and O–H groups in total. The lowest BCUT2D eigenvalue weighted by atomic mass is 10.1. The number of carbonyl (C=O) groups is 1. The second kappa shape index (κ2) is 7.47. The van der Waals surface area contributed by atoms with Gasteiger partial charge in [-0.15, -0.1) is 0 Å². The number of nitrogens with one attached hydrogen (secondary N) is 2. The maximum absolute atomic E-state index is 11.1. The van der Waals surface area contributed by atoms with E-state index in [1.165, 1.54) is 12.1 Å². The van der Waals surface area contributed by atoms with Crippen molar-refractivity contribution in [3.05, 3.63) is 82.3 Å². The van der Waals surface area contributed by atoms with E-state index in [4.69, 9.17) is 5.11 Å². The van der Waals surface area contributed by atoms with Crippen LogP contribution in [0.2, 0.25) is 0 Å². The van der Waals surface area contributed by atoms with E-state index in [9.17, 15) is 14.9 Å². The van der Waals surface area contributed by atoms with E-state index in [0.29, 0.717) is 23.5 Å². The monoisotopic (exact) mass is 352 g/mol. The van der Waals surface area contributed by atoms with Gasteiger partial charge >= 0.3 is 6.09 Å². The summed E-state index contributed by atoms with van der Waals surface area (Å²) in [6.07, 6.45) is 0.956. The number of hydrogen-bond donors (Lipinski definition) is 3. The fraction of sp³-hybridized carbons (Fsp3) is 0.111. The molecule has 8 heteroatoms. The molecule has 0 saturated carbocycles. The minimum Gasteiger partial charge on any atom is -0.465 e. The Balaban J connectivity index is 1.84. The molecular formula is C18H16N4O4. The summed E-state index contributed by atoms with van der Waals surface area (Å²) in [6, 6.07) is 15.0. The van der Waals surface area contributed by atoms with Gasteiger partial charge in [-0.05, 0) is 17.7 Å². The zero-order valence-electron chi connectivity index (χ0n) is 13.6. The molecule has 0 aliphatic carbocycles. The van der Waals surface area contributed by atoms with Crippen LogP contribution < -0.4 is 5.32 Å². The molecule has 0 saturated heterocycles. The van der Waals surface area contributed by atoms with Gasteiger partial charge in [-0.2, -0.15) is 0 Å². The van der Waals surface area contributed by atoms with Crippen molar-refractivity contribution in [1.29, 1.82) is 0 Å². The van der Waals surface area contributed by atoms with Gasteiger partial charge in [0.15, 0.2) is 0 Å². The highest BCUT2D eigenvalue weighted by Crippen LogP contribution is 2.23. The molecule has 2 aromatic carbocycles. The highest BCUT2D eigenvalue weighted by Gasteiger charge is 2.19. The van der Waals surface area contributed by atoms with E-state index < -0.39 is 17.1 Å². The molecule has 0 spiro atoms. The van der Waals surface area contributed by atoms with E-state index in [0.717, 1.165) is 5.56 Å². The molecular weight excluding hydrogens is 336 g/mol. The summed E-state index contributed by atoms with van der Waals surface area (Å²) >= 11 is 0. The Hall–Kier alpha value is -3.68. The predicted molar refractivity (Wildman–Crippen MR) is 94.7 cm³/mol. The van der Waals surface area contributed by atoms with Crippen LogP contribution in [0.25, 0.3) is 11.3 Å². The molecule has 3 aromatic rings. The first-order valence-corrected chi connectivity index (χ1v) is 7.86. The van der Waals surface area contributed by atoms with Crippen LogP contribution in [0.5, 0.6) is 0 Å². The first-order valence-electron chi connectivity index (χ1n) is 7.86. The molecule has 0 aliphatic heterocycles. The molecule has 1 heterocycles. The van der Waals surface area contributed by atoms with Crippen molar-refractivity contribution >= 4 is 11.8 Å². The number of nitro benzene ring substituents is 1. The number of non-ortho nitro benzene ring substituents is 1. The number of carboxylic acid groups (broad SMARTS) is 1. The number of aromatic nitrogens is 2. The fourth-order valence-corrected chi connectivity index (χ4v) is 2.63. The fourth-order valence-electron chi connectivity index (χ4n) is 2.63. The second-order valence-corrected chi connectivity index (χ2v) is 5.67. The molecule has 0 bridgehead atoms. The van der Waals surface area contributed by atoms with E-state index in [1.807, 2.05) is 30.3 Å². The maximum Gasteiger partial charge on any atom is 0.405 e. The first-order chi connectivity index (χ1) is 12.5. The molecule has 1 aromatic heterocycles. The lowest BCUT2D eigenvalue weighted by Crippen LogP contribution is -2.29. The van der Waals surface area contributed by atoms with E-state index in [1.54, 1.807) is 18.3 Å². The van der Waals surface area contributed by atoms with Crippen molar-refractivity contribution < 1.29 is 14.8 Å². The largest absolute Gasteiger partial charge is 0.465 e. The quantitative estimate of drug-likeness (QED) is 0.463. The lowest BCUT2D eigenvalue weighted by Gasteiger charge is -2.14. The first kappa shape index (κ1) is 17.2. The molecule has 3 rings (SSSR count). The van der Waals surface area contributed by atoms with E-state index in [2.05, 4.69) is 15.3 Å². The Morgan fingerprint density at radius 3 is 2.50 bits per heavy atom. The van der Waals surface area contributed by atoms with E-state index >= 15 is 0 Å². The van der Waals surface area contributed by atoms with Crippen LogP contribution in [0.1, 0.15) is 17.4 Å². The average molecular weight is 352 g/mol. The summed E-state index contributed by atoms with van der Waals surface area (Å²) in [5.41, 5.74) is 2.26. The van der Waals surface area contributed by atoms with Gasteiger partial charge in [-0.25, -0.2) is 9.78 Å². The smallest absolute Gasteiger partial charge is 0.405 e. The standard InChI is InChI=1S/C18H16N4O4/c23-18(24)21-15(10-12-4-2-1-3-5-12)17-19-11-16(20-17)13-6-8-14(9-7-13)22(25)26/h1-9,11,15,21H,10H2,(H,19,20)(H,23,24)/t15-/m0/s1. The highest BCUT2D eigenvalue weighted by atomic mass is 16.6. The summed E-state index contributed by atoms with van der Waals surface area (Å²) < 4.78 is 0. The third-order valence-corrected chi connectivity index (χ3v) is 3.88. The van der Waals surface area contributed by atoms with Crippen molar-refractivity contribution in [2.24, 2.45) is 0 Å². The number of nitro groups is 1. The summed E-state index contributed by atoms with van der Waals surface area (Å²) in [5.74, 6) is 0.476. The predicted octanol–water partition coefficient (Wildman–Crippen LogP) is 3.54. The van der Waals surface area contributed by atoms with Crippen LogP contribution in [-0.4, -0.2) is 26.1 Å². The zero-order chi connectivity index (χ0) is 18.5. The van der Waals surface area contributed by atoms with Gasteiger partial charge in [0.25, 0.3) is 5.69 Å². The number of rotatable bonds is 6. The number of imidazole rings is 1. The molecule has 8 nitrogen and oxygen atoms in total. The Morgan fingerprint density at radius 2 is 1.88 bits per heavy atom. The topological polar surface area (TPSA) is 121 Å². The molecule has 0 aliphatic rings. The van der Waals surface area contributed by atoms with Crippen LogP contribution in [0, 0.1) is 10.1 Å². The Kier molecular flexibility index (Phi) is 4.93. The van der Waals surface area contributed by atoms with Crippen molar-refractivity contribution in [1.82, 2.24) is 15.3 Å². The van der Waals surface area contributed by atoms with Gasteiger partial charge in [0.05, 0.1) is 16.7 Å². The van der Waals surface area contributed by atoms with Gasteiger partial charge in [0, 0.05) is 30.3 Å². The van der Waals surface area contributed by atoms with Gasteiger partial charge in [0.2, 0.25) is 0 Å². The van der Waals surface area contributed by atoms with Gasteiger partial charge in [-0.3, -0.25) is 10.1 Å². The third kappa shape index (κ3) is 4.04. The SMILES string of the molecule is O=C(O)N[C@@H](Cc1ccccc1)c1nc(-c2ccc([N+](=O)[O-])cc2)c[nH]1. The number of hydrogen-bond acceptors (Lipinski definition) is 4. The number of nitrogens with zero attached hydrogens (tertiary/aromatic N) is 2. The van der Waals surface area contributed by atoms with Crippen molar-refractivity contribution in [3.8, 4) is 11.3 Å². The number of H-pyrrole nitrogens is 1. The number of benzene rings is 2. The van der Waals surface area contributed by atoms with Crippen LogP contribution in [0.3, 0.4) is 0 Å². The minimum absolute atomic E-state index is 0.000919. The molecule has 0 radical (unpaired) electrons. The van der Waals surface area contributed by atoms with Crippen molar-refractivity contribution in [2.75, 3.05) is 0 Å². The van der Waals surface area contributed by atoms with Crippen LogP contribution in [0.15, 0.2) is 60.8 Å². The lowest BCUT2D eigenvalue weighted by molar-refractivity contribution is -0.384. The minimum atomic E-state index is -1.14. The van der Waals surface area contributed by atoms with Crippen molar-refractivity contribution in [3.63, 3.8) is 0 Å². The summed E-state index contributed by atoms with van der Waals surface area (Å²) in [6.45, 7) is 0.